The number of nitrogens with one attached hydrogen (secondary N) is 1. The molecule has 0 spiro atoms. The third-order valence-corrected chi connectivity index (χ3v) is 4.28. The smallest absolute Gasteiger partial charge is 0.253 e. The van der Waals surface area contributed by atoms with Crippen LogP contribution in [0.1, 0.15) is 53.5 Å². The van der Waals surface area contributed by atoms with Crippen LogP contribution in [0.5, 0.6) is 0 Å². The number of carbonyl (C=O) groups excluding carboxylic acids is 1. The second-order valence-corrected chi connectivity index (χ2v) is 5.97. The lowest BCUT2D eigenvalue weighted by atomic mass is 9.90. The maximum atomic E-state index is 12.4. The molecule has 7 nitrogen and oxygen atoms in total. The first kappa shape index (κ1) is 15.6. The Labute approximate surface area is 134 Å². The summed E-state index contributed by atoms with van der Waals surface area (Å²) in [6.07, 6.45) is 7.37. The Morgan fingerprint density at radius 3 is 2.91 bits per heavy atom. The van der Waals surface area contributed by atoms with Gasteiger partial charge in [-0.1, -0.05) is 18.1 Å². The van der Waals surface area contributed by atoms with E-state index < -0.39 is 0 Å². The summed E-state index contributed by atoms with van der Waals surface area (Å²) in [4.78, 5) is 16.6. The van der Waals surface area contributed by atoms with E-state index in [1.807, 2.05) is 13.0 Å². The van der Waals surface area contributed by atoms with Crippen LogP contribution in [0, 0.1) is 6.92 Å². The summed E-state index contributed by atoms with van der Waals surface area (Å²) in [5.74, 6) is -0.114. The van der Waals surface area contributed by atoms with Crippen molar-refractivity contribution in [3.05, 3.63) is 41.5 Å². The molecule has 2 aromatic heterocycles. The summed E-state index contributed by atoms with van der Waals surface area (Å²) in [6.45, 7) is 1.76. The zero-order chi connectivity index (χ0) is 16.2. The van der Waals surface area contributed by atoms with Gasteiger partial charge in [0.1, 0.15) is 5.69 Å². The van der Waals surface area contributed by atoms with Crippen molar-refractivity contribution in [3.63, 3.8) is 0 Å². The van der Waals surface area contributed by atoms with Crippen LogP contribution in [-0.4, -0.2) is 37.0 Å². The van der Waals surface area contributed by atoms with Crippen molar-refractivity contribution in [1.82, 2.24) is 25.3 Å². The van der Waals surface area contributed by atoms with Crippen molar-refractivity contribution in [2.24, 2.45) is 0 Å². The van der Waals surface area contributed by atoms with Crippen molar-refractivity contribution in [2.75, 3.05) is 0 Å². The molecule has 0 saturated heterocycles. The van der Waals surface area contributed by atoms with Gasteiger partial charge in [0, 0.05) is 11.9 Å². The largest absolute Gasteiger partial charge is 0.390 e. The maximum Gasteiger partial charge on any atom is 0.253 e. The first-order valence-electron chi connectivity index (χ1n) is 7.92. The van der Waals surface area contributed by atoms with Gasteiger partial charge in [-0.05, 0) is 31.9 Å². The molecule has 0 aromatic carbocycles. The molecule has 3 rings (SSSR count). The third-order valence-electron chi connectivity index (χ3n) is 4.28. The lowest BCUT2D eigenvalue weighted by molar-refractivity contribution is 0.0904. The number of pyridine rings is 1. The summed E-state index contributed by atoms with van der Waals surface area (Å²) in [6, 6.07) is 3.69. The molecular formula is C16H21N5O2. The minimum absolute atomic E-state index is 0.00537. The second-order valence-electron chi connectivity index (χ2n) is 5.97. The number of aliphatic hydroxyl groups is 1. The van der Waals surface area contributed by atoms with Crippen LogP contribution in [0.4, 0.5) is 0 Å². The molecule has 0 bridgehead atoms. The Morgan fingerprint density at radius 1 is 1.39 bits per heavy atom. The minimum Gasteiger partial charge on any atom is -0.390 e. The standard InChI is InChI=1S/C16H21N5O2/c1-11-6-7-12(8-17-11)16(23)18-14-4-2-3-5-15(14)21-9-13(10-22)19-20-21/h6-9,14-15,22H,2-5,10H2,1H3,(H,18,23)/t14-,15+/m0/s1. The molecule has 2 N–H and O–H groups in total. The van der Waals surface area contributed by atoms with Gasteiger partial charge >= 0.3 is 0 Å². The molecule has 7 heteroatoms. The molecule has 0 unspecified atom stereocenters. The van der Waals surface area contributed by atoms with E-state index in [4.69, 9.17) is 5.11 Å². The Balaban J connectivity index is 1.73. The first-order chi connectivity index (χ1) is 11.2. The van der Waals surface area contributed by atoms with Crippen LogP contribution in [0.15, 0.2) is 24.5 Å². The SMILES string of the molecule is Cc1ccc(C(=O)N[C@H]2CCCC[C@H]2n2cc(CO)nn2)cn1. The quantitative estimate of drug-likeness (QED) is 0.889. The molecule has 23 heavy (non-hydrogen) atoms. The van der Waals surface area contributed by atoms with Gasteiger partial charge in [-0.15, -0.1) is 5.10 Å². The Morgan fingerprint density at radius 2 is 2.22 bits per heavy atom. The maximum absolute atomic E-state index is 12.4. The van der Waals surface area contributed by atoms with E-state index >= 15 is 0 Å². The molecule has 1 aliphatic carbocycles. The summed E-state index contributed by atoms with van der Waals surface area (Å²) in [5.41, 5.74) is 1.99. The molecule has 122 valence electrons. The van der Waals surface area contributed by atoms with Gasteiger partial charge in [-0.3, -0.25) is 9.78 Å². The summed E-state index contributed by atoms with van der Waals surface area (Å²) >= 11 is 0. The van der Waals surface area contributed by atoms with E-state index in [0.717, 1.165) is 31.4 Å². The van der Waals surface area contributed by atoms with Crippen molar-refractivity contribution in [3.8, 4) is 0 Å². The normalized spacial score (nSPS) is 21.1. The van der Waals surface area contributed by atoms with Crippen LogP contribution >= 0.6 is 0 Å². The van der Waals surface area contributed by atoms with Gasteiger partial charge in [-0.25, -0.2) is 4.68 Å². The van der Waals surface area contributed by atoms with Crippen LogP contribution in [0.2, 0.25) is 0 Å². The van der Waals surface area contributed by atoms with Gasteiger partial charge < -0.3 is 10.4 Å². The fourth-order valence-electron chi connectivity index (χ4n) is 3.00. The van der Waals surface area contributed by atoms with Gasteiger partial charge in [0.15, 0.2) is 0 Å². The number of nitrogens with zero attached hydrogens (tertiary/aromatic N) is 4. The topological polar surface area (TPSA) is 92.9 Å². The third kappa shape index (κ3) is 3.56. The fourth-order valence-corrected chi connectivity index (χ4v) is 3.00. The summed E-state index contributed by atoms with van der Waals surface area (Å²) < 4.78 is 1.77. The summed E-state index contributed by atoms with van der Waals surface area (Å²) in [7, 11) is 0. The fraction of sp³-hybridized carbons (Fsp3) is 0.500. The highest BCUT2D eigenvalue weighted by molar-refractivity contribution is 5.94. The first-order valence-corrected chi connectivity index (χ1v) is 7.92. The number of aromatic nitrogens is 4. The van der Waals surface area contributed by atoms with Crippen LogP contribution in [0.25, 0.3) is 0 Å². The van der Waals surface area contributed by atoms with E-state index in [0.29, 0.717) is 11.3 Å². The van der Waals surface area contributed by atoms with Gasteiger partial charge in [0.05, 0.1) is 30.5 Å². The van der Waals surface area contributed by atoms with Gasteiger partial charge in [0.2, 0.25) is 0 Å². The molecule has 2 atom stereocenters. The summed E-state index contributed by atoms with van der Waals surface area (Å²) in [5, 5.41) is 20.3. The monoisotopic (exact) mass is 315 g/mol. The van der Waals surface area contributed by atoms with Gasteiger partial charge in [-0.2, -0.15) is 0 Å². The van der Waals surface area contributed by atoms with E-state index in [9.17, 15) is 4.79 Å². The molecule has 1 fully saturated rings. The van der Waals surface area contributed by atoms with Crippen molar-refractivity contribution in [1.29, 1.82) is 0 Å². The lowest BCUT2D eigenvalue weighted by Gasteiger charge is -2.32. The number of hydrogen-bond donors (Lipinski definition) is 2. The predicted octanol–water partition coefficient (Wildman–Crippen LogP) is 1.39. The van der Waals surface area contributed by atoms with Crippen molar-refractivity contribution in [2.45, 2.75) is 51.3 Å². The zero-order valence-electron chi connectivity index (χ0n) is 13.1. The molecule has 2 heterocycles. The highest BCUT2D eigenvalue weighted by Gasteiger charge is 2.29. The number of aryl methyl sites for hydroxylation is 1. The number of rotatable bonds is 4. The number of carbonyl (C=O) groups is 1. The molecule has 1 saturated carbocycles. The Hall–Kier alpha value is -2.28. The van der Waals surface area contributed by atoms with E-state index in [1.54, 1.807) is 23.1 Å². The average Bonchev–Trinajstić information content (AvgIpc) is 3.05. The Kier molecular flexibility index (Phi) is 4.66. The second kappa shape index (κ2) is 6.87. The van der Waals surface area contributed by atoms with Crippen molar-refractivity contribution < 1.29 is 9.90 Å². The molecule has 2 aromatic rings. The number of hydrogen-bond acceptors (Lipinski definition) is 5. The zero-order valence-corrected chi connectivity index (χ0v) is 13.1. The van der Waals surface area contributed by atoms with E-state index in [1.165, 1.54) is 0 Å². The number of aliphatic hydroxyl groups excluding tert-OH is 1. The van der Waals surface area contributed by atoms with Crippen molar-refractivity contribution >= 4 is 5.91 Å². The Bertz CT molecular complexity index is 667. The average molecular weight is 315 g/mol. The molecule has 1 aliphatic rings. The highest BCUT2D eigenvalue weighted by atomic mass is 16.3. The van der Waals surface area contributed by atoms with Crippen LogP contribution < -0.4 is 5.32 Å². The highest BCUT2D eigenvalue weighted by Crippen LogP contribution is 2.28. The molecule has 1 amide bonds. The molecular weight excluding hydrogens is 294 g/mol. The van der Waals surface area contributed by atoms with Crippen LogP contribution in [0.3, 0.4) is 0 Å². The van der Waals surface area contributed by atoms with Gasteiger partial charge in [0.25, 0.3) is 5.91 Å². The van der Waals surface area contributed by atoms with Crippen LogP contribution in [-0.2, 0) is 6.61 Å². The lowest BCUT2D eigenvalue weighted by Crippen LogP contribution is -2.43. The van der Waals surface area contributed by atoms with E-state index in [-0.39, 0.29) is 24.6 Å². The van der Waals surface area contributed by atoms with E-state index in [2.05, 4.69) is 20.6 Å². The predicted molar refractivity (Wildman–Crippen MR) is 83.7 cm³/mol. The minimum atomic E-state index is -0.126. The number of amides is 1. The molecule has 0 aliphatic heterocycles. The molecule has 0 radical (unpaired) electrons.